The Morgan fingerprint density at radius 3 is 2.20 bits per heavy atom. The molecular formula is C22H25NO2. The summed E-state index contributed by atoms with van der Waals surface area (Å²) in [5, 5.41) is 0. The van der Waals surface area contributed by atoms with Gasteiger partial charge in [-0.1, -0.05) is 74.5 Å². The van der Waals surface area contributed by atoms with Crippen LogP contribution in [0.2, 0.25) is 0 Å². The van der Waals surface area contributed by atoms with E-state index < -0.39 is 5.60 Å². The lowest BCUT2D eigenvalue weighted by Gasteiger charge is -2.17. The van der Waals surface area contributed by atoms with Gasteiger partial charge in [0.25, 0.3) is 0 Å². The molecule has 1 heterocycles. The maximum absolute atomic E-state index is 6.16. The van der Waals surface area contributed by atoms with Crippen LogP contribution in [0.5, 0.6) is 0 Å². The van der Waals surface area contributed by atoms with Crippen molar-refractivity contribution < 1.29 is 9.47 Å². The zero-order valence-electron chi connectivity index (χ0n) is 15.1. The molecule has 1 saturated carbocycles. The van der Waals surface area contributed by atoms with Crippen LogP contribution in [0, 0.1) is 11.8 Å². The van der Waals surface area contributed by atoms with Crippen molar-refractivity contribution in [2.75, 3.05) is 13.7 Å². The van der Waals surface area contributed by atoms with E-state index in [9.17, 15) is 0 Å². The molecule has 3 nitrogen and oxygen atoms in total. The van der Waals surface area contributed by atoms with E-state index in [4.69, 9.17) is 14.5 Å². The molecule has 130 valence electrons. The van der Waals surface area contributed by atoms with Gasteiger partial charge in [0.05, 0.1) is 12.0 Å². The highest BCUT2D eigenvalue weighted by Gasteiger charge is 2.70. The van der Waals surface area contributed by atoms with E-state index in [0.29, 0.717) is 12.5 Å². The molecule has 0 bridgehead atoms. The molecule has 0 N–H and O–H groups in total. The van der Waals surface area contributed by atoms with E-state index in [1.54, 1.807) is 7.11 Å². The van der Waals surface area contributed by atoms with Crippen molar-refractivity contribution >= 4 is 5.90 Å². The Kier molecular flexibility index (Phi) is 4.12. The van der Waals surface area contributed by atoms with Gasteiger partial charge in [0, 0.05) is 13.0 Å². The van der Waals surface area contributed by atoms with Gasteiger partial charge in [-0.25, -0.2) is 4.99 Å². The van der Waals surface area contributed by atoms with Crippen molar-refractivity contribution in [3.8, 4) is 0 Å². The van der Waals surface area contributed by atoms with E-state index in [-0.39, 0.29) is 17.9 Å². The van der Waals surface area contributed by atoms with Gasteiger partial charge in [-0.2, -0.15) is 0 Å². The SMILES string of the molecule is CO[C@@]1(c2ccccc2)C(c2ccccc2)[C@@H]1C1=N[C@@H](C(C)C)CO1. The smallest absolute Gasteiger partial charge is 0.190 e. The van der Waals surface area contributed by atoms with Crippen LogP contribution < -0.4 is 0 Å². The third kappa shape index (κ3) is 2.58. The number of hydrogen-bond donors (Lipinski definition) is 0. The van der Waals surface area contributed by atoms with Gasteiger partial charge >= 0.3 is 0 Å². The second-order valence-electron chi connectivity index (χ2n) is 7.32. The molecule has 0 spiro atoms. The Bertz CT molecular complexity index is 756. The molecule has 4 rings (SSSR count). The van der Waals surface area contributed by atoms with Gasteiger partial charge in [-0.3, -0.25) is 0 Å². The number of aliphatic imine (C=N–C) groups is 1. The summed E-state index contributed by atoms with van der Waals surface area (Å²) in [5.74, 6) is 1.70. The van der Waals surface area contributed by atoms with Gasteiger partial charge in [0.15, 0.2) is 5.90 Å². The third-order valence-electron chi connectivity index (χ3n) is 5.60. The first-order valence-electron chi connectivity index (χ1n) is 9.04. The summed E-state index contributed by atoms with van der Waals surface area (Å²) in [4.78, 5) is 4.91. The largest absolute Gasteiger partial charge is 0.478 e. The number of benzene rings is 2. The molecule has 0 aromatic heterocycles. The molecule has 0 radical (unpaired) electrons. The van der Waals surface area contributed by atoms with Gasteiger partial charge < -0.3 is 9.47 Å². The maximum atomic E-state index is 6.16. The van der Waals surface area contributed by atoms with E-state index in [1.807, 2.05) is 6.07 Å². The molecule has 1 fully saturated rings. The van der Waals surface area contributed by atoms with Gasteiger partial charge in [0.1, 0.15) is 12.2 Å². The minimum absolute atomic E-state index is 0.131. The van der Waals surface area contributed by atoms with Crippen molar-refractivity contribution in [1.82, 2.24) is 0 Å². The molecule has 4 atom stereocenters. The van der Waals surface area contributed by atoms with Gasteiger partial charge in [-0.05, 0) is 17.0 Å². The standard InChI is InChI=1S/C22H25NO2/c1-15(2)18-14-25-21(23-18)20-19(16-10-6-4-7-11-16)22(20,24-3)17-12-8-5-9-13-17/h4-13,15,18-20H,14H2,1-3H3/t18-,19?,20-,22+/m1/s1. The number of ether oxygens (including phenoxy) is 2. The number of rotatable bonds is 5. The summed E-state index contributed by atoms with van der Waals surface area (Å²) in [6.07, 6.45) is 0. The lowest BCUT2D eigenvalue weighted by atomic mass is 10.0. The predicted octanol–water partition coefficient (Wildman–Crippen LogP) is 4.40. The Balaban J connectivity index is 1.77. The second kappa shape index (κ2) is 6.30. The normalized spacial score (nSPS) is 30.9. The summed E-state index contributed by atoms with van der Waals surface area (Å²) >= 11 is 0. The lowest BCUT2D eigenvalue weighted by molar-refractivity contribution is 0.0640. The van der Waals surface area contributed by atoms with Gasteiger partial charge in [0.2, 0.25) is 0 Å². The monoisotopic (exact) mass is 335 g/mol. The fraction of sp³-hybridized carbons (Fsp3) is 0.409. The average molecular weight is 335 g/mol. The topological polar surface area (TPSA) is 30.8 Å². The molecule has 3 heteroatoms. The first kappa shape index (κ1) is 16.3. The van der Waals surface area contributed by atoms with E-state index in [1.165, 1.54) is 11.1 Å². The van der Waals surface area contributed by atoms with Crippen molar-refractivity contribution in [2.24, 2.45) is 16.8 Å². The first-order chi connectivity index (χ1) is 12.2. The highest BCUT2D eigenvalue weighted by atomic mass is 16.5. The lowest BCUT2D eigenvalue weighted by Crippen LogP contribution is -2.18. The summed E-state index contributed by atoms with van der Waals surface area (Å²) in [7, 11) is 1.80. The third-order valence-corrected chi connectivity index (χ3v) is 5.60. The Morgan fingerprint density at radius 1 is 1.00 bits per heavy atom. The highest BCUT2D eigenvalue weighted by molar-refractivity contribution is 5.87. The Morgan fingerprint density at radius 2 is 1.64 bits per heavy atom. The van der Waals surface area contributed by atoms with Crippen LogP contribution in [0.15, 0.2) is 65.7 Å². The zero-order valence-corrected chi connectivity index (χ0v) is 15.1. The molecule has 1 aliphatic heterocycles. The number of hydrogen-bond acceptors (Lipinski definition) is 3. The number of nitrogens with zero attached hydrogens (tertiary/aromatic N) is 1. The van der Waals surface area contributed by atoms with Crippen molar-refractivity contribution in [3.63, 3.8) is 0 Å². The molecule has 25 heavy (non-hydrogen) atoms. The predicted molar refractivity (Wildman–Crippen MR) is 99.8 cm³/mol. The summed E-state index contributed by atoms with van der Waals surface area (Å²) in [5.41, 5.74) is 2.07. The fourth-order valence-corrected chi connectivity index (χ4v) is 4.14. The summed E-state index contributed by atoms with van der Waals surface area (Å²) < 4.78 is 12.2. The Labute approximate surface area is 149 Å². The van der Waals surface area contributed by atoms with Crippen LogP contribution >= 0.6 is 0 Å². The minimum Gasteiger partial charge on any atom is -0.478 e. The zero-order chi connectivity index (χ0) is 17.4. The molecule has 0 amide bonds. The Hall–Kier alpha value is -2.13. The summed E-state index contributed by atoms with van der Waals surface area (Å²) in [6, 6.07) is 21.3. The maximum Gasteiger partial charge on any atom is 0.190 e. The summed E-state index contributed by atoms with van der Waals surface area (Å²) in [6.45, 7) is 5.07. The molecule has 1 aliphatic carbocycles. The van der Waals surface area contributed by atoms with Crippen molar-refractivity contribution in [2.45, 2.75) is 31.4 Å². The molecular weight excluding hydrogens is 310 g/mol. The number of methoxy groups -OCH3 is 1. The molecule has 2 aromatic carbocycles. The van der Waals surface area contributed by atoms with E-state index >= 15 is 0 Å². The van der Waals surface area contributed by atoms with E-state index in [0.717, 1.165) is 5.90 Å². The van der Waals surface area contributed by atoms with Crippen LogP contribution in [0.3, 0.4) is 0 Å². The molecule has 2 aliphatic rings. The average Bonchev–Trinajstić information content (AvgIpc) is 3.09. The second-order valence-corrected chi connectivity index (χ2v) is 7.32. The van der Waals surface area contributed by atoms with Crippen molar-refractivity contribution in [1.29, 1.82) is 0 Å². The van der Waals surface area contributed by atoms with Crippen molar-refractivity contribution in [3.05, 3.63) is 71.8 Å². The quantitative estimate of drug-likeness (QED) is 0.811. The van der Waals surface area contributed by atoms with Crippen LogP contribution in [0.25, 0.3) is 0 Å². The van der Waals surface area contributed by atoms with Gasteiger partial charge in [-0.15, -0.1) is 0 Å². The van der Waals surface area contributed by atoms with Crippen LogP contribution in [-0.4, -0.2) is 25.7 Å². The van der Waals surface area contributed by atoms with E-state index in [2.05, 4.69) is 68.4 Å². The van der Waals surface area contributed by atoms with Crippen LogP contribution in [0.4, 0.5) is 0 Å². The first-order valence-corrected chi connectivity index (χ1v) is 9.04. The minimum atomic E-state index is -0.396. The van der Waals surface area contributed by atoms with Crippen LogP contribution in [-0.2, 0) is 15.1 Å². The highest BCUT2D eigenvalue weighted by Crippen LogP contribution is 2.67. The molecule has 0 saturated heterocycles. The van der Waals surface area contributed by atoms with Crippen LogP contribution in [0.1, 0.15) is 30.9 Å². The fourth-order valence-electron chi connectivity index (χ4n) is 4.14. The molecule has 1 unspecified atom stereocenters. The molecule has 2 aromatic rings.